The first-order valence-electron chi connectivity index (χ1n) is 6.14. The van der Waals surface area contributed by atoms with Crippen LogP contribution in [0, 0.1) is 12.3 Å². The standard InChI is InChI=1S/C14H21NO2/c1-11-3-4-13(17-2)12(7-11)8-14(10-16)5-6-15-9-14/h3-4,7,15-16H,5-6,8-10H2,1-2H3. The molecule has 94 valence electrons. The van der Waals surface area contributed by atoms with Crippen LogP contribution in [0.3, 0.4) is 0 Å². The fourth-order valence-electron chi connectivity index (χ4n) is 2.59. The largest absolute Gasteiger partial charge is 0.496 e. The van der Waals surface area contributed by atoms with Crippen LogP contribution in [0.25, 0.3) is 0 Å². The van der Waals surface area contributed by atoms with Crippen LogP contribution in [0.5, 0.6) is 5.75 Å². The van der Waals surface area contributed by atoms with Gasteiger partial charge in [-0.05, 0) is 37.9 Å². The Balaban J connectivity index is 2.24. The third kappa shape index (κ3) is 2.61. The van der Waals surface area contributed by atoms with E-state index in [1.54, 1.807) is 7.11 Å². The van der Waals surface area contributed by atoms with E-state index in [-0.39, 0.29) is 12.0 Å². The Morgan fingerprint density at radius 2 is 2.29 bits per heavy atom. The maximum Gasteiger partial charge on any atom is 0.122 e. The Hall–Kier alpha value is -1.06. The van der Waals surface area contributed by atoms with Gasteiger partial charge in [-0.3, -0.25) is 0 Å². The lowest BCUT2D eigenvalue weighted by atomic mass is 9.81. The Bertz CT molecular complexity index is 384. The number of methoxy groups -OCH3 is 1. The molecule has 0 amide bonds. The molecule has 3 heteroatoms. The van der Waals surface area contributed by atoms with Gasteiger partial charge in [-0.15, -0.1) is 0 Å². The summed E-state index contributed by atoms with van der Waals surface area (Å²) >= 11 is 0. The molecule has 0 bridgehead atoms. The number of aliphatic hydroxyl groups excluding tert-OH is 1. The number of aliphatic hydroxyl groups is 1. The molecule has 1 saturated heterocycles. The van der Waals surface area contributed by atoms with Gasteiger partial charge in [0, 0.05) is 12.0 Å². The number of ether oxygens (including phenoxy) is 1. The van der Waals surface area contributed by atoms with Gasteiger partial charge in [-0.1, -0.05) is 17.7 Å². The third-order valence-corrected chi connectivity index (χ3v) is 3.67. The van der Waals surface area contributed by atoms with Crippen molar-refractivity contribution in [2.75, 3.05) is 26.8 Å². The molecule has 2 N–H and O–H groups in total. The highest BCUT2D eigenvalue weighted by Gasteiger charge is 2.34. The summed E-state index contributed by atoms with van der Waals surface area (Å²) in [6.07, 6.45) is 1.90. The summed E-state index contributed by atoms with van der Waals surface area (Å²) in [7, 11) is 1.70. The second-order valence-electron chi connectivity index (χ2n) is 5.08. The number of rotatable bonds is 4. The van der Waals surface area contributed by atoms with Gasteiger partial charge in [0.05, 0.1) is 13.7 Å². The molecule has 3 nitrogen and oxygen atoms in total. The van der Waals surface area contributed by atoms with Crippen LogP contribution < -0.4 is 10.1 Å². The summed E-state index contributed by atoms with van der Waals surface area (Å²) in [5.41, 5.74) is 2.42. The molecule has 1 unspecified atom stereocenters. The summed E-state index contributed by atoms with van der Waals surface area (Å²) in [5.74, 6) is 0.926. The molecule has 1 atom stereocenters. The SMILES string of the molecule is COc1ccc(C)cc1CC1(CO)CCNC1. The minimum absolute atomic E-state index is 0.0128. The zero-order valence-corrected chi connectivity index (χ0v) is 10.6. The van der Waals surface area contributed by atoms with E-state index in [9.17, 15) is 5.11 Å². The van der Waals surface area contributed by atoms with E-state index in [0.29, 0.717) is 0 Å². The van der Waals surface area contributed by atoms with Crippen LogP contribution in [-0.4, -0.2) is 31.9 Å². The molecule has 1 aromatic rings. The van der Waals surface area contributed by atoms with E-state index in [1.165, 1.54) is 11.1 Å². The molecule has 0 aromatic heterocycles. The van der Waals surface area contributed by atoms with Gasteiger partial charge in [0.1, 0.15) is 5.75 Å². The summed E-state index contributed by atoms with van der Waals surface area (Å²) in [6, 6.07) is 6.23. The van der Waals surface area contributed by atoms with E-state index in [1.807, 2.05) is 6.07 Å². The zero-order valence-electron chi connectivity index (χ0n) is 10.6. The van der Waals surface area contributed by atoms with Crippen LogP contribution in [0.1, 0.15) is 17.5 Å². The van der Waals surface area contributed by atoms with Crippen molar-refractivity contribution < 1.29 is 9.84 Å². The molecular weight excluding hydrogens is 214 g/mol. The summed E-state index contributed by atoms with van der Waals surface area (Å²) in [4.78, 5) is 0. The molecule has 0 saturated carbocycles. The smallest absolute Gasteiger partial charge is 0.122 e. The lowest BCUT2D eigenvalue weighted by molar-refractivity contribution is 0.142. The van der Waals surface area contributed by atoms with Crippen molar-refractivity contribution in [2.24, 2.45) is 5.41 Å². The molecule has 1 heterocycles. The number of nitrogens with one attached hydrogen (secondary N) is 1. The molecular formula is C14H21NO2. The molecule has 0 aliphatic carbocycles. The molecule has 0 radical (unpaired) electrons. The molecule has 1 aliphatic heterocycles. The van der Waals surface area contributed by atoms with Gasteiger partial charge in [0.25, 0.3) is 0 Å². The lowest BCUT2D eigenvalue weighted by Crippen LogP contribution is -2.30. The van der Waals surface area contributed by atoms with Crippen molar-refractivity contribution in [3.8, 4) is 5.75 Å². The minimum Gasteiger partial charge on any atom is -0.496 e. The normalized spacial score (nSPS) is 23.9. The maximum atomic E-state index is 9.63. The van der Waals surface area contributed by atoms with Crippen molar-refractivity contribution in [1.29, 1.82) is 0 Å². The number of hydrogen-bond acceptors (Lipinski definition) is 3. The van der Waals surface area contributed by atoms with Gasteiger partial charge >= 0.3 is 0 Å². The molecule has 1 aromatic carbocycles. The number of benzene rings is 1. The van der Waals surface area contributed by atoms with Gasteiger partial charge in [0.15, 0.2) is 0 Å². The van der Waals surface area contributed by atoms with E-state index in [4.69, 9.17) is 4.74 Å². The van der Waals surface area contributed by atoms with E-state index in [0.717, 1.165) is 31.7 Å². The Labute approximate surface area is 103 Å². The van der Waals surface area contributed by atoms with E-state index in [2.05, 4.69) is 24.4 Å². The van der Waals surface area contributed by atoms with Crippen LogP contribution in [-0.2, 0) is 6.42 Å². The first kappa shape index (κ1) is 12.4. The maximum absolute atomic E-state index is 9.63. The fraction of sp³-hybridized carbons (Fsp3) is 0.571. The van der Waals surface area contributed by atoms with Crippen molar-refractivity contribution in [3.05, 3.63) is 29.3 Å². The van der Waals surface area contributed by atoms with Crippen LogP contribution in [0.15, 0.2) is 18.2 Å². The topological polar surface area (TPSA) is 41.5 Å². The van der Waals surface area contributed by atoms with Gasteiger partial charge in [0.2, 0.25) is 0 Å². The van der Waals surface area contributed by atoms with Crippen molar-refractivity contribution in [3.63, 3.8) is 0 Å². The second kappa shape index (κ2) is 5.07. The van der Waals surface area contributed by atoms with Gasteiger partial charge in [-0.25, -0.2) is 0 Å². The predicted molar refractivity (Wildman–Crippen MR) is 68.4 cm³/mol. The highest BCUT2D eigenvalue weighted by atomic mass is 16.5. The zero-order chi connectivity index (χ0) is 12.3. The first-order chi connectivity index (χ1) is 8.19. The molecule has 1 aliphatic rings. The Morgan fingerprint density at radius 3 is 2.88 bits per heavy atom. The van der Waals surface area contributed by atoms with Crippen LogP contribution >= 0.6 is 0 Å². The summed E-state index contributed by atoms with van der Waals surface area (Å²) in [5, 5.41) is 13.0. The molecule has 2 rings (SSSR count). The lowest BCUT2D eigenvalue weighted by Gasteiger charge is -2.26. The predicted octanol–water partition coefficient (Wildman–Crippen LogP) is 1.52. The summed E-state index contributed by atoms with van der Waals surface area (Å²) < 4.78 is 5.40. The molecule has 0 spiro atoms. The minimum atomic E-state index is -0.0128. The molecule has 17 heavy (non-hydrogen) atoms. The Kier molecular flexibility index (Phi) is 3.69. The average Bonchev–Trinajstić information content (AvgIpc) is 2.79. The average molecular weight is 235 g/mol. The van der Waals surface area contributed by atoms with Crippen molar-refractivity contribution in [1.82, 2.24) is 5.32 Å². The van der Waals surface area contributed by atoms with Crippen LogP contribution in [0.4, 0.5) is 0 Å². The third-order valence-electron chi connectivity index (χ3n) is 3.67. The highest BCUT2D eigenvalue weighted by Crippen LogP contribution is 2.33. The number of aryl methyl sites for hydroxylation is 1. The van der Waals surface area contributed by atoms with Crippen molar-refractivity contribution >= 4 is 0 Å². The van der Waals surface area contributed by atoms with Crippen LogP contribution in [0.2, 0.25) is 0 Å². The Morgan fingerprint density at radius 1 is 1.47 bits per heavy atom. The number of hydrogen-bond donors (Lipinski definition) is 2. The second-order valence-corrected chi connectivity index (χ2v) is 5.08. The summed E-state index contributed by atoms with van der Waals surface area (Å²) in [6.45, 7) is 4.20. The van der Waals surface area contributed by atoms with E-state index < -0.39 is 0 Å². The van der Waals surface area contributed by atoms with Gasteiger partial charge in [-0.2, -0.15) is 0 Å². The fourth-order valence-corrected chi connectivity index (χ4v) is 2.59. The quantitative estimate of drug-likeness (QED) is 0.831. The monoisotopic (exact) mass is 235 g/mol. The van der Waals surface area contributed by atoms with E-state index >= 15 is 0 Å². The van der Waals surface area contributed by atoms with Gasteiger partial charge < -0.3 is 15.2 Å². The highest BCUT2D eigenvalue weighted by molar-refractivity contribution is 5.37. The van der Waals surface area contributed by atoms with Crippen molar-refractivity contribution in [2.45, 2.75) is 19.8 Å². The first-order valence-corrected chi connectivity index (χ1v) is 6.14. The molecule has 1 fully saturated rings.